The van der Waals surface area contributed by atoms with E-state index in [1.54, 1.807) is 0 Å². The van der Waals surface area contributed by atoms with Crippen molar-refractivity contribution in [3.05, 3.63) is 35.9 Å². The molecular weight excluding hydrogens is 236 g/mol. The summed E-state index contributed by atoms with van der Waals surface area (Å²) in [5.41, 5.74) is 1.16. The van der Waals surface area contributed by atoms with Gasteiger partial charge >= 0.3 is 0 Å². The van der Waals surface area contributed by atoms with E-state index in [2.05, 4.69) is 17.1 Å². The first kappa shape index (κ1) is 14.1. The minimum atomic E-state index is 0.170. The summed E-state index contributed by atoms with van der Waals surface area (Å²) in [6, 6.07) is 10.1. The average Bonchev–Trinajstić information content (AvgIpc) is 2.46. The molecule has 0 saturated carbocycles. The number of carbonyl (C=O) groups excluding carboxylic acids is 1. The number of hydrogen-bond donors (Lipinski definition) is 1. The highest BCUT2D eigenvalue weighted by Gasteiger charge is 2.24. The highest BCUT2D eigenvalue weighted by atomic mass is 16.1. The second-order valence-corrected chi connectivity index (χ2v) is 5.34. The van der Waals surface area contributed by atoms with Gasteiger partial charge in [0.1, 0.15) is 0 Å². The highest BCUT2D eigenvalue weighted by molar-refractivity contribution is 5.78. The molecule has 1 aromatic rings. The molecule has 0 aromatic heterocycles. The Balaban J connectivity index is 1.79. The van der Waals surface area contributed by atoms with Crippen LogP contribution in [-0.4, -0.2) is 30.4 Å². The van der Waals surface area contributed by atoms with Gasteiger partial charge in [-0.1, -0.05) is 37.3 Å². The summed E-state index contributed by atoms with van der Waals surface area (Å²) < 4.78 is 0. The fourth-order valence-corrected chi connectivity index (χ4v) is 2.72. The van der Waals surface area contributed by atoms with Crippen LogP contribution in [0.3, 0.4) is 0 Å². The molecule has 1 atom stereocenters. The summed E-state index contributed by atoms with van der Waals surface area (Å²) in [6.07, 6.45) is 3.34. The van der Waals surface area contributed by atoms with E-state index in [4.69, 9.17) is 0 Å². The normalized spacial score (nSPS) is 20.2. The molecule has 1 aliphatic rings. The van der Waals surface area contributed by atoms with Crippen LogP contribution in [0.5, 0.6) is 0 Å². The zero-order valence-corrected chi connectivity index (χ0v) is 11.8. The van der Waals surface area contributed by atoms with E-state index in [0.29, 0.717) is 6.54 Å². The molecule has 0 radical (unpaired) electrons. The summed E-state index contributed by atoms with van der Waals surface area (Å²) in [4.78, 5) is 14.6. The van der Waals surface area contributed by atoms with E-state index in [1.807, 2.05) is 30.3 Å². The van der Waals surface area contributed by atoms with Crippen LogP contribution < -0.4 is 5.32 Å². The summed E-state index contributed by atoms with van der Waals surface area (Å²) in [5.74, 6) is 0.383. The summed E-state index contributed by atoms with van der Waals surface area (Å²) in [6.45, 7) is 6.02. The predicted molar refractivity (Wildman–Crippen MR) is 77.7 cm³/mol. The maximum Gasteiger partial charge on any atom is 0.224 e. The maximum atomic E-state index is 12.2. The minimum absolute atomic E-state index is 0.170. The lowest BCUT2D eigenvalue weighted by Gasteiger charge is -2.31. The van der Waals surface area contributed by atoms with Gasteiger partial charge in [0.15, 0.2) is 0 Å². The second-order valence-electron chi connectivity index (χ2n) is 5.34. The number of rotatable bonds is 5. The number of carbonyl (C=O) groups is 1. The molecular formula is C16H24N2O. The van der Waals surface area contributed by atoms with Crippen molar-refractivity contribution in [1.82, 2.24) is 10.2 Å². The lowest BCUT2D eigenvalue weighted by Crippen LogP contribution is -2.43. The van der Waals surface area contributed by atoms with E-state index in [0.717, 1.165) is 38.0 Å². The van der Waals surface area contributed by atoms with E-state index in [-0.39, 0.29) is 11.8 Å². The zero-order valence-electron chi connectivity index (χ0n) is 11.8. The molecule has 19 heavy (non-hydrogen) atoms. The van der Waals surface area contributed by atoms with Crippen molar-refractivity contribution in [2.75, 3.05) is 19.6 Å². The molecule has 1 fully saturated rings. The van der Waals surface area contributed by atoms with Crippen molar-refractivity contribution in [2.45, 2.75) is 32.7 Å². The minimum Gasteiger partial charge on any atom is -0.352 e. The van der Waals surface area contributed by atoms with Crippen molar-refractivity contribution in [1.29, 1.82) is 0 Å². The summed E-state index contributed by atoms with van der Waals surface area (Å²) in [5, 5.41) is 3.07. The van der Waals surface area contributed by atoms with Crippen molar-refractivity contribution in [3.63, 3.8) is 0 Å². The van der Waals surface area contributed by atoms with Crippen LogP contribution in [0, 0.1) is 5.92 Å². The number of benzene rings is 1. The van der Waals surface area contributed by atoms with Crippen LogP contribution in [0.15, 0.2) is 30.3 Å². The molecule has 3 heteroatoms. The van der Waals surface area contributed by atoms with Gasteiger partial charge in [-0.25, -0.2) is 0 Å². The molecule has 104 valence electrons. The Morgan fingerprint density at radius 3 is 2.89 bits per heavy atom. The van der Waals surface area contributed by atoms with Crippen LogP contribution >= 0.6 is 0 Å². The van der Waals surface area contributed by atoms with E-state index in [9.17, 15) is 4.79 Å². The maximum absolute atomic E-state index is 12.2. The predicted octanol–water partition coefficient (Wildman–Crippen LogP) is 2.42. The van der Waals surface area contributed by atoms with Crippen LogP contribution in [0.4, 0.5) is 0 Å². The number of nitrogens with zero attached hydrogens (tertiary/aromatic N) is 1. The molecule has 1 amide bonds. The number of hydrogen-bond acceptors (Lipinski definition) is 2. The molecule has 0 bridgehead atoms. The lowest BCUT2D eigenvalue weighted by atomic mass is 9.97. The third kappa shape index (κ3) is 4.35. The summed E-state index contributed by atoms with van der Waals surface area (Å²) in [7, 11) is 0. The molecule has 1 heterocycles. The largest absolute Gasteiger partial charge is 0.352 e. The van der Waals surface area contributed by atoms with Crippen LogP contribution in [0.1, 0.15) is 31.7 Å². The van der Waals surface area contributed by atoms with E-state index < -0.39 is 0 Å². The van der Waals surface area contributed by atoms with E-state index >= 15 is 0 Å². The monoisotopic (exact) mass is 260 g/mol. The highest BCUT2D eigenvalue weighted by Crippen LogP contribution is 2.16. The fraction of sp³-hybridized carbons (Fsp3) is 0.562. The van der Waals surface area contributed by atoms with Gasteiger partial charge < -0.3 is 10.2 Å². The van der Waals surface area contributed by atoms with Gasteiger partial charge in [-0.05, 0) is 37.9 Å². The topological polar surface area (TPSA) is 32.3 Å². The molecule has 2 rings (SSSR count). The third-order valence-electron chi connectivity index (χ3n) is 3.73. The molecule has 1 unspecified atom stereocenters. The Bertz CT molecular complexity index is 389. The molecule has 0 aliphatic carbocycles. The van der Waals surface area contributed by atoms with Gasteiger partial charge in [0.25, 0.3) is 0 Å². The van der Waals surface area contributed by atoms with Gasteiger partial charge in [0.2, 0.25) is 5.91 Å². The quantitative estimate of drug-likeness (QED) is 0.882. The third-order valence-corrected chi connectivity index (χ3v) is 3.73. The molecule has 1 aliphatic heterocycles. The van der Waals surface area contributed by atoms with Crippen molar-refractivity contribution >= 4 is 5.91 Å². The first-order chi connectivity index (χ1) is 9.29. The number of amides is 1. The Kier molecular flexibility index (Phi) is 5.40. The Labute approximate surface area is 116 Å². The van der Waals surface area contributed by atoms with Crippen molar-refractivity contribution in [3.8, 4) is 0 Å². The van der Waals surface area contributed by atoms with Gasteiger partial charge in [0.05, 0.1) is 5.92 Å². The Hall–Kier alpha value is -1.35. The van der Waals surface area contributed by atoms with Gasteiger partial charge in [0, 0.05) is 13.1 Å². The van der Waals surface area contributed by atoms with Gasteiger partial charge in [-0.2, -0.15) is 0 Å². The molecule has 0 spiro atoms. The number of likely N-dealkylation sites (tertiary alicyclic amines) is 1. The molecule has 1 aromatic carbocycles. The Morgan fingerprint density at radius 1 is 1.37 bits per heavy atom. The van der Waals surface area contributed by atoms with Gasteiger partial charge in [-0.3, -0.25) is 4.79 Å². The van der Waals surface area contributed by atoms with Crippen molar-refractivity contribution < 1.29 is 4.79 Å². The van der Waals surface area contributed by atoms with Crippen molar-refractivity contribution in [2.24, 2.45) is 5.92 Å². The fourth-order valence-electron chi connectivity index (χ4n) is 2.72. The first-order valence-electron chi connectivity index (χ1n) is 7.33. The van der Waals surface area contributed by atoms with Crippen LogP contribution in [0.2, 0.25) is 0 Å². The lowest BCUT2D eigenvalue weighted by molar-refractivity contribution is -0.126. The molecule has 1 N–H and O–H groups in total. The van der Waals surface area contributed by atoms with Gasteiger partial charge in [-0.15, -0.1) is 0 Å². The number of nitrogens with one attached hydrogen (secondary N) is 1. The second kappa shape index (κ2) is 7.29. The molecule has 3 nitrogen and oxygen atoms in total. The van der Waals surface area contributed by atoms with Crippen LogP contribution in [0.25, 0.3) is 0 Å². The Morgan fingerprint density at radius 2 is 2.16 bits per heavy atom. The standard InChI is InChI=1S/C16H24N2O/c1-2-10-18-11-6-9-15(13-18)16(19)17-12-14-7-4-3-5-8-14/h3-5,7-8,15H,2,6,9-13H2,1H3,(H,17,19). The smallest absolute Gasteiger partial charge is 0.224 e. The number of piperidine rings is 1. The first-order valence-corrected chi connectivity index (χ1v) is 7.33. The zero-order chi connectivity index (χ0) is 13.5. The average molecular weight is 260 g/mol. The summed E-state index contributed by atoms with van der Waals surface area (Å²) >= 11 is 0. The van der Waals surface area contributed by atoms with E-state index in [1.165, 1.54) is 6.42 Å². The van der Waals surface area contributed by atoms with Crippen LogP contribution in [-0.2, 0) is 11.3 Å². The SMILES string of the molecule is CCCN1CCCC(C(=O)NCc2ccccc2)C1. The molecule has 1 saturated heterocycles.